The summed E-state index contributed by atoms with van der Waals surface area (Å²) in [4.78, 5) is 19.5. The van der Waals surface area contributed by atoms with Crippen molar-refractivity contribution in [3.8, 4) is 6.07 Å². The number of rotatable bonds is 4. The second kappa shape index (κ2) is 6.24. The van der Waals surface area contributed by atoms with Gasteiger partial charge in [0.15, 0.2) is 11.7 Å². The van der Waals surface area contributed by atoms with Gasteiger partial charge in [0.2, 0.25) is 0 Å². The Bertz CT molecular complexity index is 886. The fourth-order valence-corrected chi connectivity index (χ4v) is 2.22. The lowest BCUT2D eigenvalue weighted by Gasteiger charge is -2.00. The molecule has 1 heterocycles. The number of carbonyl (C=O) groups excluding carboxylic acids is 1. The highest BCUT2D eigenvalue weighted by atomic mass is 19.1. The molecule has 5 heteroatoms. The molecule has 23 heavy (non-hydrogen) atoms. The third-order valence-electron chi connectivity index (χ3n) is 3.40. The summed E-state index contributed by atoms with van der Waals surface area (Å²) in [5.41, 5.74) is 2.16. The molecule has 0 aliphatic rings. The third kappa shape index (κ3) is 3.16. The number of nitrogens with zero attached hydrogens (tertiary/aromatic N) is 2. The zero-order valence-corrected chi connectivity index (χ0v) is 12.0. The van der Waals surface area contributed by atoms with E-state index in [2.05, 4.69) is 9.97 Å². The summed E-state index contributed by atoms with van der Waals surface area (Å²) in [6.07, 6.45) is 2.86. The first-order valence-electron chi connectivity index (χ1n) is 6.99. The minimum absolute atomic E-state index is 0.322. The van der Waals surface area contributed by atoms with Gasteiger partial charge in [-0.1, -0.05) is 30.3 Å². The molecule has 0 saturated carbocycles. The number of nitriles is 1. The van der Waals surface area contributed by atoms with E-state index in [0.717, 1.165) is 5.52 Å². The number of ketones is 1. The molecule has 112 valence electrons. The standard InChI is InChI=1S/C18H12FN3O/c19-13-8-5-12(6-9-13)7-10-17(23)14(11-20)18-21-15-3-1-2-4-16(15)22-18/h1-10,14H,(H,21,22)/b10-7+. The van der Waals surface area contributed by atoms with Crippen molar-refractivity contribution in [1.82, 2.24) is 9.97 Å². The minimum Gasteiger partial charge on any atom is -0.340 e. The number of H-pyrrole nitrogens is 1. The summed E-state index contributed by atoms with van der Waals surface area (Å²) in [5.74, 6) is -1.40. The average Bonchev–Trinajstić information content (AvgIpc) is 2.98. The number of hydrogen-bond acceptors (Lipinski definition) is 3. The first kappa shape index (κ1) is 14.7. The Labute approximate surface area is 131 Å². The number of nitrogens with one attached hydrogen (secondary N) is 1. The molecule has 1 aromatic heterocycles. The molecule has 1 atom stereocenters. The Balaban J connectivity index is 1.84. The van der Waals surface area contributed by atoms with E-state index in [9.17, 15) is 14.4 Å². The fraction of sp³-hybridized carbons (Fsp3) is 0.0556. The summed E-state index contributed by atoms with van der Waals surface area (Å²) in [6.45, 7) is 0. The van der Waals surface area contributed by atoms with Gasteiger partial charge in [-0.05, 0) is 35.9 Å². The number of aromatic amines is 1. The van der Waals surface area contributed by atoms with E-state index in [4.69, 9.17) is 0 Å². The first-order chi connectivity index (χ1) is 11.2. The molecule has 3 aromatic rings. The summed E-state index contributed by atoms with van der Waals surface area (Å²) >= 11 is 0. The number of aromatic nitrogens is 2. The van der Waals surface area contributed by atoms with Crippen molar-refractivity contribution in [2.24, 2.45) is 0 Å². The Morgan fingerprint density at radius 3 is 2.65 bits per heavy atom. The van der Waals surface area contributed by atoms with Crippen LogP contribution in [0.15, 0.2) is 54.6 Å². The molecule has 1 N–H and O–H groups in total. The Morgan fingerprint density at radius 1 is 1.22 bits per heavy atom. The van der Waals surface area contributed by atoms with Crippen molar-refractivity contribution < 1.29 is 9.18 Å². The Morgan fingerprint density at radius 2 is 1.96 bits per heavy atom. The fourth-order valence-electron chi connectivity index (χ4n) is 2.22. The Kier molecular flexibility index (Phi) is 3.98. The zero-order valence-electron chi connectivity index (χ0n) is 12.0. The molecule has 0 bridgehead atoms. The molecule has 0 fully saturated rings. The van der Waals surface area contributed by atoms with E-state index in [1.165, 1.54) is 18.2 Å². The summed E-state index contributed by atoms with van der Waals surface area (Å²) in [7, 11) is 0. The van der Waals surface area contributed by atoms with Crippen molar-refractivity contribution in [3.63, 3.8) is 0 Å². The highest BCUT2D eigenvalue weighted by molar-refractivity contribution is 6.00. The molecule has 0 amide bonds. The quantitative estimate of drug-likeness (QED) is 0.749. The number of halogens is 1. The number of allylic oxidation sites excluding steroid dienone is 1. The van der Waals surface area contributed by atoms with Crippen LogP contribution in [0.2, 0.25) is 0 Å². The first-order valence-corrected chi connectivity index (χ1v) is 6.99. The molecule has 1 unspecified atom stereocenters. The van der Waals surface area contributed by atoms with E-state index in [1.807, 2.05) is 30.3 Å². The van der Waals surface area contributed by atoms with Gasteiger partial charge in [0.05, 0.1) is 17.1 Å². The molecule has 3 rings (SSSR count). The third-order valence-corrected chi connectivity index (χ3v) is 3.40. The highest BCUT2D eigenvalue weighted by Crippen LogP contribution is 2.19. The molecule has 0 saturated heterocycles. The second-order valence-corrected chi connectivity index (χ2v) is 4.99. The number of carbonyl (C=O) groups is 1. The zero-order chi connectivity index (χ0) is 16.2. The van der Waals surface area contributed by atoms with Gasteiger partial charge in [-0.2, -0.15) is 5.26 Å². The number of hydrogen-bond donors (Lipinski definition) is 1. The van der Waals surface area contributed by atoms with Crippen molar-refractivity contribution in [1.29, 1.82) is 5.26 Å². The predicted molar refractivity (Wildman–Crippen MR) is 84.9 cm³/mol. The predicted octanol–water partition coefficient (Wildman–Crippen LogP) is 3.59. The number of para-hydroxylation sites is 2. The van der Waals surface area contributed by atoms with Crippen molar-refractivity contribution in [2.75, 3.05) is 0 Å². The van der Waals surface area contributed by atoms with Gasteiger partial charge in [-0.3, -0.25) is 4.79 Å². The molecule has 0 radical (unpaired) electrons. The molecule has 2 aromatic carbocycles. The monoisotopic (exact) mass is 305 g/mol. The normalized spacial score (nSPS) is 12.3. The van der Waals surface area contributed by atoms with Crippen LogP contribution in [0, 0.1) is 17.1 Å². The SMILES string of the molecule is N#CC(C(=O)/C=C/c1ccc(F)cc1)c1nc2ccccc2[nH]1. The molecule has 4 nitrogen and oxygen atoms in total. The summed E-state index contributed by atoms with van der Waals surface area (Å²) in [6, 6.07) is 15.0. The Hall–Kier alpha value is -3.26. The number of imidazole rings is 1. The van der Waals surface area contributed by atoms with Crippen LogP contribution in [0.4, 0.5) is 4.39 Å². The van der Waals surface area contributed by atoms with Gasteiger partial charge < -0.3 is 4.98 Å². The van der Waals surface area contributed by atoms with Gasteiger partial charge in [0, 0.05) is 0 Å². The van der Waals surface area contributed by atoms with Crippen LogP contribution in [-0.2, 0) is 4.79 Å². The van der Waals surface area contributed by atoms with Crippen LogP contribution in [0.5, 0.6) is 0 Å². The van der Waals surface area contributed by atoms with Gasteiger partial charge in [-0.25, -0.2) is 9.37 Å². The van der Waals surface area contributed by atoms with Crippen LogP contribution in [0.1, 0.15) is 17.3 Å². The molecular weight excluding hydrogens is 293 g/mol. The van der Waals surface area contributed by atoms with Crippen LogP contribution in [0.25, 0.3) is 17.1 Å². The topological polar surface area (TPSA) is 69.5 Å². The van der Waals surface area contributed by atoms with Gasteiger partial charge in [0.25, 0.3) is 0 Å². The molecular formula is C18H12FN3O. The van der Waals surface area contributed by atoms with Gasteiger partial charge in [0.1, 0.15) is 11.6 Å². The molecule has 0 aliphatic heterocycles. The smallest absolute Gasteiger partial charge is 0.180 e. The summed E-state index contributed by atoms with van der Waals surface area (Å²) < 4.78 is 12.8. The number of benzene rings is 2. The minimum atomic E-state index is -1.00. The van der Waals surface area contributed by atoms with Gasteiger partial charge >= 0.3 is 0 Å². The summed E-state index contributed by atoms with van der Waals surface area (Å²) in [5, 5.41) is 9.29. The maximum Gasteiger partial charge on any atom is 0.180 e. The number of fused-ring (bicyclic) bond motifs is 1. The van der Waals surface area contributed by atoms with E-state index in [1.54, 1.807) is 18.2 Å². The van der Waals surface area contributed by atoms with Crippen LogP contribution in [0.3, 0.4) is 0 Å². The van der Waals surface area contributed by atoms with E-state index >= 15 is 0 Å². The highest BCUT2D eigenvalue weighted by Gasteiger charge is 2.21. The van der Waals surface area contributed by atoms with Crippen LogP contribution < -0.4 is 0 Å². The average molecular weight is 305 g/mol. The lowest BCUT2D eigenvalue weighted by atomic mass is 10.0. The molecule has 0 aliphatic carbocycles. The van der Waals surface area contributed by atoms with Gasteiger partial charge in [-0.15, -0.1) is 0 Å². The second-order valence-electron chi connectivity index (χ2n) is 4.99. The van der Waals surface area contributed by atoms with Crippen LogP contribution >= 0.6 is 0 Å². The van der Waals surface area contributed by atoms with Crippen molar-refractivity contribution in [2.45, 2.75) is 5.92 Å². The van der Waals surface area contributed by atoms with Crippen molar-refractivity contribution >= 4 is 22.9 Å². The maximum atomic E-state index is 12.8. The maximum absolute atomic E-state index is 12.8. The van der Waals surface area contributed by atoms with Crippen LogP contribution in [-0.4, -0.2) is 15.8 Å². The van der Waals surface area contributed by atoms with E-state index in [0.29, 0.717) is 16.9 Å². The van der Waals surface area contributed by atoms with E-state index < -0.39 is 5.92 Å². The van der Waals surface area contributed by atoms with Crippen molar-refractivity contribution in [3.05, 3.63) is 71.8 Å². The van der Waals surface area contributed by atoms with E-state index in [-0.39, 0.29) is 11.6 Å². The largest absolute Gasteiger partial charge is 0.340 e. The lowest BCUT2D eigenvalue weighted by molar-refractivity contribution is -0.114. The molecule has 0 spiro atoms. The lowest BCUT2D eigenvalue weighted by Crippen LogP contribution is -2.09.